The van der Waals surface area contributed by atoms with Gasteiger partial charge in [-0.05, 0) is 32.5 Å². The fourth-order valence-corrected chi connectivity index (χ4v) is 3.25. The lowest BCUT2D eigenvalue weighted by Gasteiger charge is -2.40. The third-order valence-electron chi connectivity index (χ3n) is 4.59. The SMILES string of the molecule is COc1cccc(N2CCN(c3cc(CCN)nc(C)n3)[C@@H](C)C2=O)c1. The zero-order valence-corrected chi connectivity index (χ0v) is 15.5. The van der Waals surface area contributed by atoms with Crippen LogP contribution in [0.2, 0.25) is 0 Å². The predicted octanol–water partition coefficient (Wildman–Crippen LogP) is 1.54. The maximum atomic E-state index is 13.0. The van der Waals surface area contributed by atoms with Crippen molar-refractivity contribution in [3.8, 4) is 5.75 Å². The fraction of sp³-hybridized carbons (Fsp3) is 0.421. The Hall–Kier alpha value is -2.67. The Balaban J connectivity index is 1.83. The molecule has 1 aromatic carbocycles. The van der Waals surface area contributed by atoms with Gasteiger partial charge in [0.15, 0.2) is 0 Å². The molecule has 2 heterocycles. The molecule has 0 bridgehead atoms. The van der Waals surface area contributed by atoms with E-state index in [1.165, 1.54) is 0 Å². The Bertz CT molecular complexity index is 795. The number of carbonyl (C=O) groups is 1. The highest BCUT2D eigenvalue weighted by Crippen LogP contribution is 2.26. The summed E-state index contributed by atoms with van der Waals surface area (Å²) in [6.07, 6.45) is 0.697. The molecule has 26 heavy (non-hydrogen) atoms. The van der Waals surface area contributed by atoms with Gasteiger partial charge in [0.05, 0.1) is 7.11 Å². The Labute approximate surface area is 153 Å². The summed E-state index contributed by atoms with van der Waals surface area (Å²) in [4.78, 5) is 25.8. The van der Waals surface area contributed by atoms with Crippen LogP contribution in [0.1, 0.15) is 18.4 Å². The molecule has 0 radical (unpaired) electrons. The van der Waals surface area contributed by atoms with Crippen LogP contribution in [-0.2, 0) is 11.2 Å². The third kappa shape index (κ3) is 3.62. The molecule has 1 fully saturated rings. The van der Waals surface area contributed by atoms with E-state index in [4.69, 9.17) is 10.5 Å². The summed E-state index contributed by atoms with van der Waals surface area (Å²) in [5.41, 5.74) is 7.41. The lowest BCUT2D eigenvalue weighted by molar-refractivity contribution is -0.120. The van der Waals surface area contributed by atoms with E-state index in [2.05, 4.69) is 9.97 Å². The zero-order chi connectivity index (χ0) is 18.7. The van der Waals surface area contributed by atoms with Crippen molar-refractivity contribution in [3.05, 3.63) is 41.9 Å². The molecular formula is C19H25N5O2. The van der Waals surface area contributed by atoms with Crippen LogP contribution < -0.4 is 20.3 Å². The maximum Gasteiger partial charge on any atom is 0.249 e. The number of aromatic nitrogens is 2. The number of piperazine rings is 1. The Morgan fingerprint density at radius 1 is 1.27 bits per heavy atom. The van der Waals surface area contributed by atoms with Crippen LogP contribution in [0.4, 0.5) is 11.5 Å². The summed E-state index contributed by atoms with van der Waals surface area (Å²) in [6.45, 7) is 5.60. The van der Waals surface area contributed by atoms with Crippen molar-refractivity contribution in [1.82, 2.24) is 9.97 Å². The number of carbonyl (C=O) groups excluding carboxylic acids is 1. The van der Waals surface area contributed by atoms with Gasteiger partial charge in [0.1, 0.15) is 23.4 Å². The van der Waals surface area contributed by atoms with Crippen LogP contribution in [0, 0.1) is 6.92 Å². The van der Waals surface area contributed by atoms with E-state index >= 15 is 0 Å². The predicted molar refractivity (Wildman–Crippen MR) is 102 cm³/mol. The molecule has 1 amide bonds. The van der Waals surface area contributed by atoms with Crippen molar-refractivity contribution in [2.75, 3.05) is 36.5 Å². The fourth-order valence-electron chi connectivity index (χ4n) is 3.25. The summed E-state index contributed by atoms with van der Waals surface area (Å²) in [7, 11) is 1.62. The molecule has 2 N–H and O–H groups in total. The normalized spacial score (nSPS) is 17.5. The quantitative estimate of drug-likeness (QED) is 0.876. The molecule has 1 aliphatic rings. The first-order chi connectivity index (χ1) is 12.5. The van der Waals surface area contributed by atoms with Crippen molar-refractivity contribution >= 4 is 17.4 Å². The van der Waals surface area contributed by atoms with Gasteiger partial charge in [-0.2, -0.15) is 0 Å². The van der Waals surface area contributed by atoms with Crippen LogP contribution in [0.3, 0.4) is 0 Å². The van der Waals surface area contributed by atoms with Gasteiger partial charge in [0.2, 0.25) is 5.91 Å². The van der Waals surface area contributed by atoms with Crippen LogP contribution in [0.5, 0.6) is 5.75 Å². The third-order valence-corrected chi connectivity index (χ3v) is 4.59. The van der Waals surface area contributed by atoms with Crippen LogP contribution in [0.25, 0.3) is 0 Å². The summed E-state index contributed by atoms with van der Waals surface area (Å²) in [5.74, 6) is 2.26. The standard InChI is InChI=1S/C19H25N5O2/c1-13-19(25)24(16-5-4-6-17(12-16)26-3)10-9-23(13)18-11-15(7-8-20)21-14(2)22-18/h4-6,11-13H,7-10,20H2,1-3H3/t13-/m0/s1. The van der Waals surface area contributed by atoms with Gasteiger partial charge in [-0.3, -0.25) is 4.79 Å². The molecule has 0 spiro atoms. The molecule has 0 unspecified atom stereocenters. The molecule has 0 saturated carbocycles. The molecular weight excluding hydrogens is 330 g/mol. The lowest BCUT2D eigenvalue weighted by atomic mass is 10.1. The van der Waals surface area contributed by atoms with Crippen LogP contribution >= 0.6 is 0 Å². The van der Waals surface area contributed by atoms with E-state index in [0.29, 0.717) is 31.9 Å². The minimum Gasteiger partial charge on any atom is -0.497 e. The molecule has 1 saturated heterocycles. The molecule has 2 aromatic rings. The Morgan fingerprint density at radius 2 is 2.08 bits per heavy atom. The molecule has 138 valence electrons. The largest absolute Gasteiger partial charge is 0.497 e. The number of methoxy groups -OCH3 is 1. The van der Waals surface area contributed by atoms with Crippen molar-refractivity contribution in [3.63, 3.8) is 0 Å². The second kappa shape index (κ2) is 7.70. The van der Waals surface area contributed by atoms with E-state index in [0.717, 1.165) is 22.9 Å². The van der Waals surface area contributed by atoms with Crippen molar-refractivity contribution in [1.29, 1.82) is 0 Å². The van der Waals surface area contributed by atoms with E-state index < -0.39 is 0 Å². The monoisotopic (exact) mass is 355 g/mol. The van der Waals surface area contributed by atoms with Gasteiger partial charge in [-0.25, -0.2) is 9.97 Å². The van der Waals surface area contributed by atoms with E-state index in [1.54, 1.807) is 12.0 Å². The summed E-state index contributed by atoms with van der Waals surface area (Å²) >= 11 is 0. The second-order valence-corrected chi connectivity index (χ2v) is 6.36. The first-order valence-corrected chi connectivity index (χ1v) is 8.80. The van der Waals surface area contributed by atoms with E-state index in [9.17, 15) is 4.79 Å². The molecule has 3 rings (SSSR count). The number of nitrogens with zero attached hydrogens (tertiary/aromatic N) is 4. The van der Waals surface area contributed by atoms with Crippen molar-refractivity contribution in [2.24, 2.45) is 5.73 Å². The number of nitrogens with two attached hydrogens (primary N) is 1. The smallest absolute Gasteiger partial charge is 0.249 e. The minimum atomic E-state index is -0.310. The highest BCUT2D eigenvalue weighted by Gasteiger charge is 2.33. The van der Waals surface area contributed by atoms with E-state index in [1.807, 2.05) is 49.1 Å². The Kier molecular flexibility index (Phi) is 5.37. The number of amides is 1. The van der Waals surface area contributed by atoms with Crippen LogP contribution in [-0.4, -0.2) is 48.7 Å². The highest BCUT2D eigenvalue weighted by molar-refractivity contribution is 6.00. The van der Waals surface area contributed by atoms with Crippen molar-refractivity contribution in [2.45, 2.75) is 26.3 Å². The molecule has 7 nitrogen and oxygen atoms in total. The summed E-state index contributed by atoms with van der Waals surface area (Å²) < 4.78 is 5.27. The van der Waals surface area contributed by atoms with Gasteiger partial charge >= 0.3 is 0 Å². The first kappa shape index (κ1) is 18.1. The number of hydrogen-bond donors (Lipinski definition) is 1. The second-order valence-electron chi connectivity index (χ2n) is 6.36. The van der Waals surface area contributed by atoms with Gasteiger partial charge in [-0.15, -0.1) is 0 Å². The summed E-state index contributed by atoms with van der Waals surface area (Å²) in [5, 5.41) is 0. The first-order valence-electron chi connectivity index (χ1n) is 8.80. The number of benzene rings is 1. The molecule has 1 aliphatic heterocycles. The van der Waals surface area contributed by atoms with Crippen molar-refractivity contribution < 1.29 is 9.53 Å². The lowest BCUT2D eigenvalue weighted by Crippen LogP contribution is -2.56. The average Bonchev–Trinajstić information content (AvgIpc) is 2.63. The Morgan fingerprint density at radius 3 is 2.81 bits per heavy atom. The molecule has 1 aromatic heterocycles. The molecule has 1 atom stereocenters. The van der Waals surface area contributed by atoms with Gasteiger partial charge < -0.3 is 20.3 Å². The highest BCUT2D eigenvalue weighted by atomic mass is 16.5. The number of ether oxygens (including phenoxy) is 1. The van der Waals surface area contributed by atoms with Crippen LogP contribution in [0.15, 0.2) is 30.3 Å². The number of anilines is 2. The van der Waals surface area contributed by atoms with Gasteiger partial charge in [0, 0.05) is 43.0 Å². The number of rotatable bonds is 5. The van der Waals surface area contributed by atoms with Gasteiger partial charge in [-0.1, -0.05) is 6.07 Å². The van der Waals surface area contributed by atoms with Gasteiger partial charge in [0.25, 0.3) is 0 Å². The van der Waals surface area contributed by atoms with E-state index in [-0.39, 0.29) is 11.9 Å². The average molecular weight is 355 g/mol. The minimum absolute atomic E-state index is 0.0427. The maximum absolute atomic E-state index is 13.0. The number of hydrogen-bond acceptors (Lipinski definition) is 6. The topological polar surface area (TPSA) is 84.6 Å². The molecule has 7 heteroatoms. The summed E-state index contributed by atoms with van der Waals surface area (Å²) in [6, 6.07) is 9.20. The zero-order valence-electron chi connectivity index (χ0n) is 15.5. The number of aryl methyl sites for hydroxylation is 1. The molecule has 0 aliphatic carbocycles.